The fourth-order valence-corrected chi connectivity index (χ4v) is 2.41. The fourth-order valence-electron chi connectivity index (χ4n) is 1.64. The number of carbonyl (C=O) groups is 1. The van der Waals surface area contributed by atoms with Gasteiger partial charge in [0.05, 0.1) is 18.7 Å². The third kappa shape index (κ3) is 2.95. The molecule has 2 aromatic rings. The first-order valence-corrected chi connectivity index (χ1v) is 6.62. The molecule has 6 heteroatoms. The van der Waals surface area contributed by atoms with Gasteiger partial charge >= 0.3 is 0 Å². The summed E-state index contributed by atoms with van der Waals surface area (Å²) >= 11 is 1.25. The molecule has 0 saturated heterocycles. The van der Waals surface area contributed by atoms with Crippen LogP contribution in [0.3, 0.4) is 0 Å². The highest BCUT2D eigenvalue weighted by Crippen LogP contribution is 2.24. The quantitative estimate of drug-likeness (QED) is 0.941. The zero-order chi connectivity index (χ0) is 14.5. The summed E-state index contributed by atoms with van der Waals surface area (Å²) in [5.41, 5.74) is 0.574. The number of nitrogens with one attached hydrogen (secondary N) is 1. The zero-order valence-corrected chi connectivity index (χ0v) is 11.5. The third-order valence-corrected chi connectivity index (χ3v) is 3.57. The van der Waals surface area contributed by atoms with E-state index in [0.717, 1.165) is 6.07 Å². The number of nitrogens with zero attached hydrogens (tertiary/aromatic N) is 1. The zero-order valence-electron chi connectivity index (χ0n) is 10.6. The van der Waals surface area contributed by atoms with Crippen LogP contribution in [0.15, 0.2) is 29.6 Å². The van der Waals surface area contributed by atoms with Crippen LogP contribution in [0.1, 0.15) is 20.8 Å². The van der Waals surface area contributed by atoms with Gasteiger partial charge in [-0.3, -0.25) is 4.79 Å². The lowest BCUT2D eigenvalue weighted by Crippen LogP contribution is -2.22. The summed E-state index contributed by atoms with van der Waals surface area (Å²) < 4.78 is 18.7. The highest BCUT2D eigenvalue weighted by atomic mass is 32.1. The number of ether oxygens (including phenoxy) is 1. The lowest BCUT2D eigenvalue weighted by Gasteiger charge is -2.06. The molecule has 1 aromatic carbocycles. The number of hydrogen-bond acceptors (Lipinski definition) is 4. The molecule has 0 spiro atoms. The Bertz CT molecular complexity index is 676. The van der Waals surface area contributed by atoms with Gasteiger partial charge in [-0.1, -0.05) is 6.07 Å². The standard InChI is InChI=1S/C14H11FN2O2S/c1-19-12-4-5-20-13(12)14(18)17-8-10-3-2-9(7-16)6-11(10)15/h2-6H,8H2,1H3,(H,17,18). The van der Waals surface area contributed by atoms with Crippen molar-refractivity contribution in [3.8, 4) is 11.8 Å². The molecule has 1 aromatic heterocycles. The van der Waals surface area contributed by atoms with Gasteiger partial charge in [-0.05, 0) is 23.6 Å². The van der Waals surface area contributed by atoms with Crippen LogP contribution in [-0.4, -0.2) is 13.0 Å². The van der Waals surface area contributed by atoms with E-state index in [1.165, 1.54) is 30.6 Å². The molecule has 2 rings (SSSR count). The lowest BCUT2D eigenvalue weighted by molar-refractivity contribution is 0.0952. The maximum Gasteiger partial charge on any atom is 0.265 e. The molecule has 0 bridgehead atoms. The molecule has 1 heterocycles. The number of carbonyl (C=O) groups excluding carboxylic acids is 1. The van der Waals surface area contributed by atoms with E-state index in [0.29, 0.717) is 16.2 Å². The van der Waals surface area contributed by atoms with Gasteiger partial charge in [0, 0.05) is 12.1 Å². The summed E-state index contributed by atoms with van der Waals surface area (Å²) in [7, 11) is 1.49. The van der Waals surface area contributed by atoms with Gasteiger partial charge in [-0.15, -0.1) is 11.3 Å². The average Bonchev–Trinajstić information content (AvgIpc) is 2.94. The minimum atomic E-state index is -0.512. The van der Waals surface area contributed by atoms with Crippen LogP contribution in [0.5, 0.6) is 5.75 Å². The predicted octanol–water partition coefficient (Wildman–Crippen LogP) is 2.70. The first-order chi connectivity index (χ1) is 9.65. The number of amides is 1. The molecular weight excluding hydrogens is 279 g/mol. The first kappa shape index (κ1) is 14.0. The van der Waals surface area contributed by atoms with E-state index in [2.05, 4.69) is 5.32 Å². The van der Waals surface area contributed by atoms with Crippen LogP contribution >= 0.6 is 11.3 Å². The normalized spacial score (nSPS) is 9.85. The Morgan fingerprint density at radius 2 is 2.30 bits per heavy atom. The molecule has 0 unspecified atom stereocenters. The van der Waals surface area contributed by atoms with Gasteiger partial charge in [0.2, 0.25) is 0 Å². The fraction of sp³-hybridized carbons (Fsp3) is 0.143. The molecule has 102 valence electrons. The Kier molecular flexibility index (Phi) is 4.33. The summed E-state index contributed by atoms with van der Waals surface area (Å²) in [5, 5.41) is 13.0. The smallest absolute Gasteiger partial charge is 0.265 e. The van der Waals surface area contributed by atoms with Crippen molar-refractivity contribution in [2.75, 3.05) is 7.11 Å². The molecule has 0 atom stereocenters. The molecule has 0 aliphatic rings. The SMILES string of the molecule is COc1ccsc1C(=O)NCc1ccc(C#N)cc1F. The van der Waals surface area contributed by atoms with Crippen LogP contribution in [-0.2, 0) is 6.54 Å². The summed E-state index contributed by atoms with van der Waals surface area (Å²) in [6, 6.07) is 7.69. The Labute approximate surface area is 119 Å². The molecular formula is C14H11FN2O2S. The summed E-state index contributed by atoms with van der Waals surface area (Å²) in [4.78, 5) is 12.4. The van der Waals surface area contributed by atoms with E-state index in [1.807, 2.05) is 6.07 Å². The molecule has 1 amide bonds. The van der Waals surface area contributed by atoms with Gasteiger partial charge < -0.3 is 10.1 Å². The van der Waals surface area contributed by atoms with E-state index in [1.54, 1.807) is 11.4 Å². The van der Waals surface area contributed by atoms with Crippen molar-refractivity contribution in [2.45, 2.75) is 6.54 Å². The van der Waals surface area contributed by atoms with Crippen molar-refractivity contribution >= 4 is 17.2 Å². The van der Waals surface area contributed by atoms with Gasteiger partial charge in [-0.25, -0.2) is 4.39 Å². The van der Waals surface area contributed by atoms with Crippen molar-refractivity contribution in [1.82, 2.24) is 5.32 Å². The Morgan fingerprint density at radius 3 is 2.95 bits per heavy atom. The van der Waals surface area contributed by atoms with E-state index in [4.69, 9.17) is 10.00 Å². The molecule has 0 aliphatic carbocycles. The van der Waals surface area contributed by atoms with Crippen LogP contribution in [0.2, 0.25) is 0 Å². The minimum Gasteiger partial charge on any atom is -0.495 e. The molecule has 4 nitrogen and oxygen atoms in total. The van der Waals surface area contributed by atoms with E-state index < -0.39 is 5.82 Å². The number of halogens is 1. The largest absolute Gasteiger partial charge is 0.495 e. The van der Waals surface area contributed by atoms with Crippen molar-refractivity contribution in [3.05, 3.63) is 51.5 Å². The second kappa shape index (κ2) is 6.17. The second-order valence-corrected chi connectivity index (χ2v) is 4.83. The summed E-state index contributed by atoms with van der Waals surface area (Å²) in [6.07, 6.45) is 0. The van der Waals surface area contributed by atoms with E-state index in [-0.39, 0.29) is 18.0 Å². The Morgan fingerprint density at radius 1 is 1.50 bits per heavy atom. The average molecular weight is 290 g/mol. The van der Waals surface area contributed by atoms with Crippen molar-refractivity contribution < 1.29 is 13.9 Å². The topological polar surface area (TPSA) is 62.1 Å². The molecule has 0 fully saturated rings. The van der Waals surface area contributed by atoms with Crippen LogP contribution in [0.4, 0.5) is 4.39 Å². The highest BCUT2D eigenvalue weighted by Gasteiger charge is 2.14. The predicted molar refractivity (Wildman–Crippen MR) is 73.2 cm³/mol. The van der Waals surface area contributed by atoms with Crippen molar-refractivity contribution in [3.63, 3.8) is 0 Å². The maximum atomic E-state index is 13.7. The van der Waals surface area contributed by atoms with Crippen molar-refractivity contribution in [1.29, 1.82) is 5.26 Å². The van der Waals surface area contributed by atoms with E-state index >= 15 is 0 Å². The number of rotatable bonds is 4. The number of nitriles is 1. The number of benzene rings is 1. The monoisotopic (exact) mass is 290 g/mol. The summed E-state index contributed by atoms with van der Waals surface area (Å²) in [6.45, 7) is 0.0530. The second-order valence-electron chi connectivity index (χ2n) is 3.92. The third-order valence-electron chi connectivity index (χ3n) is 2.68. The molecule has 0 saturated carbocycles. The lowest BCUT2D eigenvalue weighted by atomic mass is 10.1. The molecule has 1 N–H and O–H groups in total. The van der Waals surface area contributed by atoms with Gasteiger partial charge in [-0.2, -0.15) is 5.26 Å². The van der Waals surface area contributed by atoms with Crippen LogP contribution in [0.25, 0.3) is 0 Å². The number of hydrogen-bond donors (Lipinski definition) is 1. The van der Waals surface area contributed by atoms with Gasteiger partial charge in [0.25, 0.3) is 5.91 Å². The van der Waals surface area contributed by atoms with Gasteiger partial charge in [0.1, 0.15) is 16.4 Å². The maximum absolute atomic E-state index is 13.7. The number of methoxy groups -OCH3 is 1. The molecule has 20 heavy (non-hydrogen) atoms. The first-order valence-electron chi connectivity index (χ1n) is 5.74. The van der Waals surface area contributed by atoms with Crippen molar-refractivity contribution in [2.24, 2.45) is 0 Å². The van der Waals surface area contributed by atoms with Gasteiger partial charge in [0.15, 0.2) is 0 Å². The summed E-state index contributed by atoms with van der Waals surface area (Å²) in [5.74, 6) is -0.337. The number of thiophene rings is 1. The Hall–Kier alpha value is -2.39. The Balaban J connectivity index is 2.06. The minimum absolute atomic E-state index is 0.0530. The highest BCUT2D eigenvalue weighted by molar-refractivity contribution is 7.12. The van der Waals surface area contributed by atoms with Crippen LogP contribution in [0, 0.1) is 17.1 Å². The van der Waals surface area contributed by atoms with E-state index in [9.17, 15) is 9.18 Å². The molecule has 0 aliphatic heterocycles. The molecule has 0 radical (unpaired) electrons. The van der Waals surface area contributed by atoms with Crippen LogP contribution < -0.4 is 10.1 Å².